The molecule has 3 aromatic rings. The van der Waals surface area contributed by atoms with Crippen molar-refractivity contribution >= 4 is 22.5 Å². The zero-order chi connectivity index (χ0) is 18.7. The Balaban J connectivity index is 1.81. The summed E-state index contributed by atoms with van der Waals surface area (Å²) in [6.07, 6.45) is 5.17. The van der Waals surface area contributed by atoms with Gasteiger partial charge in [0, 0.05) is 30.5 Å². The number of aryl methyl sites for hydroxylation is 1. The number of carbonyl (C=O) groups excluding carboxylic acids is 1. The summed E-state index contributed by atoms with van der Waals surface area (Å²) >= 11 is 1.43. The van der Waals surface area contributed by atoms with Crippen LogP contribution in [0.25, 0.3) is 0 Å². The van der Waals surface area contributed by atoms with Crippen LogP contribution in [-0.2, 0) is 7.05 Å². The largest absolute Gasteiger partial charge is 0.336 e. The quantitative estimate of drug-likeness (QED) is 0.709. The number of hydrogen-bond acceptors (Lipinski definition) is 4. The van der Waals surface area contributed by atoms with Crippen LogP contribution in [0, 0.1) is 5.82 Å². The highest BCUT2D eigenvalue weighted by molar-refractivity contribution is 7.15. The number of aromatic nitrogens is 3. The van der Waals surface area contributed by atoms with Crippen molar-refractivity contribution in [2.24, 2.45) is 7.05 Å². The van der Waals surface area contributed by atoms with Gasteiger partial charge < -0.3 is 9.88 Å². The van der Waals surface area contributed by atoms with Gasteiger partial charge in [-0.15, -0.1) is 11.3 Å². The molecule has 136 valence electrons. The number of halogens is 1. The third-order valence-electron chi connectivity index (χ3n) is 3.89. The zero-order valence-electron chi connectivity index (χ0n) is 14.7. The van der Waals surface area contributed by atoms with Crippen LogP contribution in [0.4, 0.5) is 14.3 Å². The summed E-state index contributed by atoms with van der Waals surface area (Å²) in [5.74, 6) is 0.580. The van der Waals surface area contributed by atoms with Crippen LogP contribution in [0.5, 0.6) is 0 Å². The van der Waals surface area contributed by atoms with E-state index in [0.717, 1.165) is 4.88 Å². The molecule has 6 nitrogen and oxygen atoms in total. The van der Waals surface area contributed by atoms with Gasteiger partial charge in [0.2, 0.25) is 0 Å². The highest BCUT2D eigenvalue weighted by atomic mass is 32.1. The number of hydrogen-bond donors (Lipinski definition) is 2. The van der Waals surface area contributed by atoms with Crippen molar-refractivity contribution in [2.45, 2.75) is 25.8 Å². The van der Waals surface area contributed by atoms with Gasteiger partial charge in [0.1, 0.15) is 17.7 Å². The topological polar surface area (TPSA) is 71.8 Å². The van der Waals surface area contributed by atoms with Crippen molar-refractivity contribution in [3.8, 4) is 0 Å². The first kappa shape index (κ1) is 18.1. The van der Waals surface area contributed by atoms with Crippen LogP contribution in [0.15, 0.2) is 42.9 Å². The average Bonchev–Trinajstić information content (AvgIpc) is 3.22. The van der Waals surface area contributed by atoms with Crippen molar-refractivity contribution in [1.29, 1.82) is 0 Å². The van der Waals surface area contributed by atoms with E-state index in [1.807, 2.05) is 7.05 Å². The Morgan fingerprint density at radius 3 is 2.73 bits per heavy atom. The lowest BCUT2D eigenvalue weighted by molar-refractivity contribution is 0.249. The first-order valence-corrected chi connectivity index (χ1v) is 9.01. The highest BCUT2D eigenvalue weighted by Crippen LogP contribution is 2.26. The molecule has 0 bridgehead atoms. The third kappa shape index (κ3) is 4.08. The van der Waals surface area contributed by atoms with Gasteiger partial charge in [0.25, 0.3) is 0 Å². The van der Waals surface area contributed by atoms with E-state index in [4.69, 9.17) is 0 Å². The number of nitrogens with one attached hydrogen (secondary N) is 2. The second-order valence-corrected chi connectivity index (χ2v) is 7.27. The molecule has 0 fully saturated rings. The Morgan fingerprint density at radius 2 is 2.12 bits per heavy atom. The summed E-state index contributed by atoms with van der Waals surface area (Å²) in [6, 6.07) is 5.10. The van der Waals surface area contributed by atoms with E-state index in [1.165, 1.54) is 23.5 Å². The molecule has 0 saturated heterocycles. The maximum Gasteiger partial charge on any atom is 0.321 e. The molecule has 0 aliphatic carbocycles. The molecule has 2 amide bonds. The Labute approximate surface area is 155 Å². The zero-order valence-corrected chi connectivity index (χ0v) is 15.5. The van der Waals surface area contributed by atoms with Gasteiger partial charge in [-0.1, -0.05) is 26.0 Å². The van der Waals surface area contributed by atoms with Gasteiger partial charge in [0.05, 0.1) is 0 Å². The van der Waals surface area contributed by atoms with Crippen LogP contribution in [-0.4, -0.2) is 20.6 Å². The summed E-state index contributed by atoms with van der Waals surface area (Å²) in [7, 11) is 1.82. The molecule has 0 aliphatic rings. The molecule has 0 spiro atoms. The number of urea groups is 1. The van der Waals surface area contributed by atoms with E-state index in [2.05, 4.69) is 34.4 Å². The van der Waals surface area contributed by atoms with Crippen LogP contribution in [0.3, 0.4) is 0 Å². The highest BCUT2D eigenvalue weighted by Gasteiger charge is 2.21. The predicted molar refractivity (Wildman–Crippen MR) is 99.8 cm³/mol. The Hall–Kier alpha value is -2.74. The van der Waals surface area contributed by atoms with Gasteiger partial charge in [-0.25, -0.2) is 19.2 Å². The number of imidazole rings is 1. The monoisotopic (exact) mass is 373 g/mol. The number of thiazole rings is 1. The maximum atomic E-state index is 13.7. The Morgan fingerprint density at radius 1 is 1.31 bits per heavy atom. The van der Waals surface area contributed by atoms with Crippen LogP contribution >= 0.6 is 11.3 Å². The van der Waals surface area contributed by atoms with E-state index in [0.29, 0.717) is 22.4 Å². The third-order valence-corrected chi connectivity index (χ3v) is 5.10. The average molecular weight is 373 g/mol. The maximum absolute atomic E-state index is 13.7. The minimum atomic E-state index is -0.588. The van der Waals surface area contributed by atoms with E-state index >= 15 is 0 Å². The number of carbonyl (C=O) groups is 1. The number of benzene rings is 1. The Bertz CT molecular complexity index is 904. The second kappa shape index (κ2) is 7.65. The minimum Gasteiger partial charge on any atom is -0.336 e. The van der Waals surface area contributed by atoms with Gasteiger partial charge in [0.15, 0.2) is 5.13 Å². The van der Waals surface area contributed by atoms with Gasteiger partial charge in [-0.2, -0.15) is 0 Å². The molecule has 1 unspecified atom stereocenters. The Kier molecular flexibility index (Phi) is 5.32. The first-order chi connectivity index (χ1) is 12.4. The minimum absolute atomic E-state index is 0.346. The molecule has 3 rings (SSSR count). The summed E-state index contributed by atoms with van der Waals surface area (Å²) in [4.78, 5) is 22.1. The lowest BCUT2D eigenvalue weighted by atomic mass is 10.1. The summed E-state index contributed by atoms with van der Waals surface area (Å²) in [5, 5.41) is 6.11. The number of nitrogens with zero attached hydrogens (tertiary/aromatic N) is 3. The number of amides is 2. The van der Waals surface area contributed by atoms with Gasteiger partial charge >= 0.3 is 6.03 Å². The van der Waals surface area contributed by atoms with Crippen molar-refractivity contribution in [2.75, 3.05) is 5.32 Å². The molecule has 0 radical (unpaired) electrons. The summed E-state index contributed by atoms with van der Waals surface area (Å²) < 4.78 is 15.5. The lowest BCUT2D eigenvalue weighted by Crippen LogP contribution is -2.34. The summed E-state index contributed by atoms with van der Waals surface area (Å²) in [5.41, 5.74) is 0.608. The number of anilines is 1. The molecule has 0 aliphatic heterocycles. The van der Waals surface area contributed by atoms with E-state index in [9.17, 15) is 9.18 Å². The van der Waals surface area contributed by atoms with Gasteiger partial charge in [-0.05, 0) is 23.6 Å². The van der Waals surface area contributed by atoms with E-state index in [1.54, 1.807) is 35.3 Å². The first-order valence-electron chi connectivity index (χ1n) is 8.20. The van der Waals surface area contributed by atoms with Crippen molar-refractivity contribution < 1.29 is 9.18 Å². The molecule has 26 heavy (non-hydrogen) atoms. The number of rotatable bonds is 5. The van der Waals surface area contributed by atoms with Crippen molar-refractivity contribution in [1.82, 2.24) is 19.9 Å². The molecule has 2 N–H and O–H groups in total. The van der Waals surface area contributed by atoms with E-state index < -0.39 is 12.1 Å². The van der Waals surface area contributed by atoms with Crippen molar-refractivity contribution in [3.05, 3.63) is 64.9 Å². The lowest BCUT2D eigenvalue weighted by Gasteiger charge is -2.19. The van der Waals surface area contributed by atoms with Crippen molar-refractivity contribution in [3.63, 3.8) is 0 Å². The molecular formula is C18H20FN5OS. The second-order valence-electron chi connectivity index (χ2n) is 6.21. The summed E-state index contributed by atoms with van der Waals surface area (Å²) in [6.45, 7) is 4.14. The molecule has 2 heterocycles. The molecule has 1 aromatic carbocycles. The molecule has 1 atom stereocenters. The fraction of sp³-hybridized carbons (Fsp3) is 0.278. The SMILES string of the molecule is CC(C)c1cnc(NC(=O)NC(c2cccc(F)c2)c2nccn2C)s1. The predicted octanol–water partition coefficient (Wildman–Crippen LogP) is 4.05. The molecule has 8 heteroatoms. The molecular weight excluding hydrogens is 353 g/mol. The van der Waals surface area contributed by atoms with E-state index in [-0.39, 0.29) is 5.82 Å². The fourth-order valence-electron chi connectivity index (χ4n) is 2.51. The fourth-order valence-corrected chi connectivity index (χ4v) is 3.33. The van der Waals surface area contributed by atoms with Crippen LogP contribution in [0.1, 0.15) is 42.1 Å². The molecule has 0 saturated carbocycles. The molecule has 2 aromatic heterocycles. The normalized spacial score (nSPS) is 12.2. The standard InChI is InChI=1S/C18H20FN5OS/c1-11(2)14-10-21-18(26-14)23-17(25)22-15(16-20-7-8-24(16)3)12-5-4-6-13(19)9-12/h4-11,15H,1-3H3,(H2,21,22,23,25). The smallest absolute Gasteiger partial charge is 0.321 e. The van der Waals surface area contributed by atoms with Crippen LogP contribution < -0.4 is 10.6 Å². The van der Waals surface area contributed by atoms with Gasteiger partial charge in [-0.3, -0.25) is 5.32 Å². The van der Waals surface area contributed by atoms with Crippen LogP contribution in [0.2, 0.25) is 0 Å².